The fourth-order valence-electron chi connectivity index (χ4n) is 3.14. The van der Waals surface area contributed by atoms with Crippen molar-refractivity contribution in [1.29, 1.82) is 0 Å². The first kappa shape index (κ1) is 21.9. The molecule has 7 heteroatoms. The standard InChI is InChI=1S/C20H29BrN2O4/c1-20(2,3)17(25)11-15(12-24)22-18(26)16-5-4-10-23(16)19(27)13-6-8-14(21)9-7-13/h6-9,15-17,24-25H,4-5,10-12H2,1-3H3,(H,22,26)/t15-,16+,17+/m0/s1. The Balaban J connectivity index is 2.03. The minimum absolute atomic E-state index is 0.171. The van der Waals surface area contributed by atoms with Gasteiger partial charge in [0.15, 0.2) is 0 Å². The van der Waals surface area contributed by atoms with Crippen molar-refractivity contribution in [3.05, 3.63) is 34.3 Å². The SMILES string of the molecule is CC(C)(C)[C@H](O)C[C@@H](CO)NC(=O)[C@H]1CCCN1C(=O)c1ccc(Br)cc1. The van der Waals surface area contributed by atoms with Gasteiger partial charge in [0, 0.05) is 16.6 Å². The van der Waals surface area contributed by atoms with Gasteiger partial charge in [-0.3, -0.25) is 9.59 Å². The fraction of sp³-hybridized carbons (Fsp3) is 0.600. The average Bonchev–Trinajstić information content (AvgIpc) is 3.10. The molecule has 0 aliphatic carbocycles. The molecule has 27 heavy (non-hydrogen) atoms. The van der Waals surface area contributed by atoms with Crippen molar-refractivity contribution in [3.8, 4) is 0 Å². The van der Waals surface area contributed by atoms with Crippen LogP contribution in [0.1, 0.15) is 50.4 Å². The molecule has 0 spiro atoms. The number of benzene rings is 1. The van der Waals surface area contributed by atoms with E-state index in [0.29, 0.717) is 18.5 Å². The van der Waals surface area contributed by atoms with E-state index >= 15 is 0 Å². The first-order valence-electron chi connectivity index (χ1n) is 9.29. The number of halogens is 1. The first-order chi connectivity index (χ1) is 12.6. The van der Waals surface area contributed by atoms with Crippen molar-refractivity contribution < 1.29 is 19.8 Å². The van der Waals surface area contributed by atoms with Crippen LogP contribution in [0.5, 0.6) is 0 Å². The van der Waals surface area contributed by atoms with Gasteiger partial charge in [0.25, 0.3) is 5.91 Å². The highest BCUT2D eigenvalue weighted by atomic mass is 79.9. The Morgan fingerprint density at radius 2 is 1.93 bits per heavy atom. The number of hydrogen-bond donors (Lipinski definition) is 3. The van der Waals surface area contributed by atoms with Crippen LogP contribution in [0.2, 0.25) is 0 Å². The molecule has 3 N–H and O–H groups in total. The second-order valence-electron chi connectivity index (χ2n) is 8.17. The molecule has 0 radical (unpaired) electrons. The summed E-state index contributed by atoms with van der Waals surface area (Å²) < 4.78 is 0.887. The molecule has 6 nitrogen and oxygen atoms in total. The molecule has 1 fully saturated rings. The predicted molar refractivity (Wildman–Crippen MR) is 107 cm³/mol. The molecule has 0 saturated carbocycles. The van der Waals surface area contributed by atoms with E-state index in [1.54, 1.807) is 29.2 Å². The molecule has 1 saturated heterocycles. The highest BCUT2D eigenvalue weighted by Crippen LogP contribution is 2.24. The molecule has 0 bridgehead atoms. The quantitative estimate of drug-likeness (QED) is 0.632. The van der Waals surface area contributed by atoms with Gasteiger partial charge in [-0.25, -0.2) is 0 Å². The van der Waals surface area contributed by atoms with E-state index in [-0.39, 0.29) is 30.3 Å². The number of amides is 2. The maximum atomic E-state index is 12.8. The zero-order chi connectivity index (χ0) is 20.2. The number of hydrogen-bond acceptors (Lipinski definition) is 4. The van der Waals surface area contributed by atoms with Crippen LogP contribution in [-0.4, -0.2) is 58.3 Å². The molecule has 2 rings (SSSR count). The van der Waals surface area contributed by atoms with E-state index in [4.69, 9.17) is 0 Å². The largest absolute Gasteiger partial charge is 0.394 e. The summed E-state index contributed by atoms with van der Waals surface area (Å²) in [5.74, 6) is -0.450. The molecule has 1 aromatic carbocycles. The van der Waals surface area contributed by atoms with E-state index in [9.17, 15) is 19.8 Å². The van der Waals surface area contributed by atoms with Crippen LogP contribution in [0.15, 0.2) is 28.7 Å². The van der Waals surface area contributed by atoms with Crippen molar-refractivity contribution in [3.63, 3.8) is 0 Å². The lowest BCUT2D eigenvalue weighted by Crippen LogP contribution is -2.51. The Morgan fingerprint density at radius 3 is 2.48 bits per heavy atom. The third kappa shape index (κ3) is 5.77. The van der Waals surface area contributed by atoms with Crippen molar-refractivity contribution in [2.24, 2.45) is 5.41 Å². The smallest absolute Gasteiger partial charge is 0.254 e. The molecular formula is C20H29BrN2O4. The van der Waals surface area contributed by atoms with E-state index in [0.717, 1.165) is 10.9 Å². The Hall–Kier alpha value is -1.44. The fourth-order valence-corrected chi connectivity index (χ4v) is 3.40. The topological polar surface area (TPSA) is 89.9 Å². The molecule has 1 aliphatic rings. The van der Waals surface area contributed by atoms with Gasteiger partial charge in [-0.05, 0) is 48.9 Å². The normalized spacial score (nSPS) is 19.6. The maximum Gasteiger partial charge on any atom is 0.254 e. The summed E-state index contributed by atoms with van der Waals surface area (Å²) in [6.45, 7) is 5.99. The number of aliphatic hydroxyl groups is 2. The number of nitrogens with zero attached hydrogens (tertiary/aromatic N) is 1. The van der Waals surface area contributed by atoms with Crippen LogP contribution in [0, 0.1) is 5.41 Å². The van der Waals surface area contributed by atoms with Crippen LogP contribution in [0.3, 0.4) is 0 Å². The van der Waals surface area contributed by atoms with E-state index < -0.39 is 18.2 Å². The van der Waals surface area contributed by atoms with E-state index in [1.165, 1.54) is 0 Å². The summed E-state index contributed by atoms with van der Waals surface area (Å²) in [6, 6.07) is 5.97. The number of rotatable bonds is 6. The van der Waals surface area contributed by atoms with Crippen LogP contribution in [0.4, 0.5) is 0 Å². The van der Waals surface area contributed by atoms with Crippen LogP contribution >= 0.6 is 15.9 Å². The van der Waals surface area contributed by atoms with Gasteiger partial charge in [-0.15, -0.1) is 0 Å². The third-order valence-corrected chi connectivity index (χ3v) is 5.51. The van der Waals surface area contributed by atoms with Gasteiger partial charge in [-0.1, -0.05) is 36.7 Å². The lowest BCUT2D eigenvalue weighted by atomic mass is 9.85. The van der Waals surface area contributed by atoms with Crippen molar-refractivity contribution in [1.82, 2.24) is 10.2 Å². The number of likely N-dealkylation sites (tertiary alicyclic amines) is 1. The Morgan fingerprint density at radius 1 is 1.30 bits per heavy atom. The summed E-state index contributed by atoms with van der Waals surface area (Å²) in [5, 5.41) is 22.7. The summed E-state index contributed by atoms with van der Waals surface area (Å²) in [4.78, 5) is 27.1. The highest BCUT2D eigenvalue weighted by molar-refractivity contribution is 9.10. The maximum absolute atomic E-state index is 12.8. The summed E-state index contributed by atoms with van der Waals surface area (Å²) >= 11 is 3.35. The van der Waals surface area contributed by atoms with Crippen LogP contribution < -0.4 is 5.32 Å². The van der Waals surface area contributed by atoms with Gasteiger partial charge in [0.2, 0.25) is 5.91 Å². The molecule has 150 valence electrons. The molecular weight excluding hydrogens is 412 g/mol. The van der Waals surface area contributed by atoms with Gasteiger partial charge in [0.05, 0.1) is 18.8 Å². The van der Waals surface area contributed by atoms with Gasteiger partial charge >= 0.3 is 0 Å². The monoisotopic (exact) mass is 440 g/mol. The molecule has 0 unspecified atom stereocenters. The Kier molecular flexibility index (Phi) is 7.42. The zero-order valence-corrected chi connectivity index (χ0v) is 17.7. The predicted octanol–water partition coefficient (Wildman–Crippen LogP) is 2.33. The van der Waals surface area contributed by atoms with Crippen LogP contribution in [-0.2, 0) is 4.79 Å². The van der Waals surface area contributed by atoms with Crippen molar-refractivity contribution in [2.45, 2.75) is 58.2 Å². The molecule has 3 atom stereocenters. The minimum atomic E-state index is -0.654. The van der Waals surface area contributed by atoms with E-state index in [2.05, 4.69) is 21.2 Å². The first-order valence-corrected chi connectivity index (χ1v) is 10.1. The number of carbonyl (C=O) groups excluding carboxylic acids is 2. The van der Waals surface area contributed by atoms with Gasteiger partial charge < -0.3 is 20.4 Å². The second kappa shape index (κ2) is 9.17. The van der Waals surface area contributed by atoms with Gasteiger partial charge in [0.1, 0.15) is 6.04 Å². The molecule has 0 aromatic heterocycles. The molecule has 1 heterocycles. The second-order valence-corrected chi connectivity index (χ2v) is 9.08. The highest BCUT2D eigenvalue weighted by Gasteiger charge is 2.36. The summed E-state index contributed by atoms with van der Waals surface area (Å²) in [6.07, 6.45) is 0.959. The third-order valence-electron chi connectivity index (χ3n) is 4.98. The minimum Gasteiger partial charge on any atom is -0.394 e. The van der Waals surface area contributed by atoms with Gasteiger partial charge in [-0.2, -0.15) is 0 Å². The van der Waals surface area contributed by atoms with E-state index in [1.807, 2.05) is 20.8 Å². The number of carbonyl (C=O) groups is 2. The van der Waals surface area contributed by atoms with Crippen molar-refractivity contribution in [2.75, 3.05) is 13.2 Å². The Bertz CT molecular complexity index is 657. The number of aliphatic hydroxyl groups excluding tert-OH is 2. The summed E-state index contributed by atoms with van der Waals surface area (Å²) in [5.41, 5.74) is 0.203. The molecule has 2 amide bonds. The molecule has 1 aliphatic heterocycles. The summed E-state index contributed by atoms with van der Waals surface area (Å²) in [7, 11) is 0. The zero-order valence-electron chi connectivity index (χ0n) is 16.1. The van der Waals surface area contributed by atoms with Crippen LogP contribution in [0.25, 0.3) is 0 Å². The number of nitrogens with one attached hydrogen (secondary N) is 1. The molecule has 1 aromatic rings. The van der Waals surface area contributed by atoms with Crippen molar-refractivity contribution >= 4 is 27.7 Å². The average molecular weight is 441 g/mol. The lowest BCUT2D eigenvalue weighted by molar-refractivity contribution is -0.126. The lowest BCUT2D eigenvalue weighted by Gasteiger charge is -2.30. The Labute approximate surface area is 169 Å².